The molecule has 1 aromatic carbocycles. The average Bonchev–Trinajstić information content (AvgIpc) is 3.39. The highest BCUT2D eigenvalue weighted by Gasteiger charge is 2.50. The highest BCUT2D eigenvalue weighted by molar-refractivity contribution is 5.87. The Kier molecular flexibility index (Phi) is 3.84. The number of esters is 2. The van der Waals surface area contributed by atoms with Gasteiger partial charge in [0.25, 0.3) is 16.8 Å². The molecule has 0 aliphatic carbocycles. The van der Waals surface area contributed by atoms with Crippen LogP contribution in [0.1, 0.15) is 37.0 Å². The fourth-order valence-corrected chi connectivity index (χ4v) is 4.98. The zero-order valence-electron chi connectivity index (χ0n) is 17.8. The van der Waals surface area contributed by atoms with Gasteiger partial charge in [-0.2, -0.15) is 0 Å². The average molecular weight is 451 g/mol. The van der Waals surface area contributed by atoms with Crippen LogP contribution in [0.4, 0.5) is 0 Å². The van der Waals surface area contributed by atoms with Gasteiger partial charge in [0, 0.05) is 17.2 Å². The maximum Gasteiger partial charge on any atom is 0.355 e. The van der Waals surface area contributed by atoms with Gasteiger partial charge in [-0.1, -0.05) is 6.92 Å². The van der Waals surface area contributed by atoms with Gasteiger partial charge in [-0.15, -0.1) is 0 Å². The quantitative estimate of drug-likeness (QED) is 0.277. The third-order valence-electron chi connectivity index (χ3n) is 6.50. The van der Waals surface area contributed by atoms with Crippen LogP contribution in [0.3, 0.4) is 0 Å². The van der Waals surface area contributed by atoms with Gasteiger partial charge < -0.3 is 18.9 Å². The van der Waals surface area contributed by atoms with Crippen LogP contribution < -0.4 is 19.8 Å². The maximum absolute atomic E-state index is 13.4. The molecule has 0 saturated carbocycles. The molecule has 5 heterocycles. The Morgan fingerprint density at radius 2 is 1.94 bits per heavy atom. The van der Waals surface area contributed by atoms with Gasteiger partial charge in [-0.05, 0) is 24.6 Å². The second kappa shape index (κ2) is 6.47. The van der Waals surface area contributed by atoms with E-state index in [1.54, 1.807) is 25.1 Å². The molecule has 0 bridgehead atoms. The Labute approximate surface area is 186 Å². The van der Waals surface area contributed by atoms with Gasteiger partial charge in [-0.25, -0.2) is 4.79 Å². The number of nitrogens with zero attached hydrogens (tertiary/aromatic N) is 2. The largest absolute Gasteiger partial charge is 0.457 e. The predicted molar refractivity (Wildman–Crippen MR) is 110 cm³/mol. The number of hydrogen-bond acceptors (Lipinski definition) is 8. The lowest BCUT2D eigenvalue weighted by Crippen LogP contribution is -2.47. The van der Waals surface area contributed by atoms with Crippen molar-refractivity contribution in [2.75, 3.05) is 6.79 Å². The van der Waals surface area contributed by atoms with Crippen LogP contribution in [-0.4, -0.2) is 28.5 Å². The Bertz CT molecular complexity index is 1470. The van der Waals surface area contributed by atoms with E-state index >= 15 is 0 Å². The summed E-state index contributed by atoms with van der Waals surface area (Å²) in [5.74, 6) is -0.302. The molecule has 1 N–H and O–H groups in total. The number of benzene rings is 1. The first-order valence-electron chi connectivity index (χ1n) is 10.5. The van der Waals surface area contributed by atoms with E-state index in [4.69, 9.17) is 18.9 Å². The molecule has 0 amide bonds. The number of ether oxygens (including phenoxy) is 4. The first kappa shape index (κ1) is 19.6. The second-order valence-electron chi connectivity index (χ2n) is 8.26. The molecule has 3 aliphatic heterocycles. The Morgan fingerprint density at radius 3 is 2.67 bits per heavy atom. The normalized spacial score (nSPS) is 19.6. The SMILES string of the molecule is CC[C@@]1(OC(C)=O)C(=O)OCc2c1cc1n(c2=O)Cc2cc3cc4c(cc3[n+](O)c2-1)OCO4. The van der Waals surface area contributed by atoms with E-state index in [2.05, 4.69) is 0 Å². The fraction of sp³-hybridized carbons (Fsp3) is 0.304. The van der Waals surface area contributed by atoms with Crippen LogP contribution in [-0.2, 0) is 37.8 Å². The molecule has 3 aromatic rings. The van der Waals surface area contributed by atoms with Gasteiger partial charge in [-0.3, -0.25) is 19.4 Å². The summed E-state index contributed by atoms with van der Waals surface area (Å²) in [4.78, 5) is 38.1. The van der Waals surface area contributed by atoms with E-state index in [0.717, 1.165) is 4.73 Å². The van der Waals surface area contributed by atoms with Crippen molar-refractivity contribution in [1.29, 1.82) is 0 Å². The summed E-state index contributed by atoms with van der Waals surface area (Å²) in [6.07, 6.45) is 0.0918. The maximum atomic E-state index is 13.4. The van der Waals surface area contributed by atoms with Gasteiger partial charge in [0.1, 0.15) is 12.3 Å². The molecule has 33 heavy (non-hydrogen) atoms. The molecule has 168 valence electrons. The highest BCUT2D eigenvalue weighted by atomic mass is 16.7. The molecule has 0 saturated heterocycles. The number of hydrogen-bond donors (Lipinski definition) is 1. The first-order chi connectivity index (χ1) is 15.8. The zero-order chi connectivity index (χ0) is 23.1. The number of aromatic nitrogens is 2. The van der Waals surface area contributed by atoms with E-state index in [-0.39, 0.29) is 43.1 Å². The lowest BCUT2D eigenvalue weighted by Gasteiger charge is -2.35. The molecule has 2 aromatic heterocycles. The van der Waals surface area contributed by atoms with Crippen molar-refractivity contribution < 1.29 is 38.5 Å². The van der Waals surface area contributed by atoms with Gasteiger partial charge in [0.05, 0.1) is 29.1 Å². The lowest BCUT2D eigenvalue weighted by atomic mass is 9.85. The number of carbonyl (C=O) groups excluding carboxylic acids is 2. The smallest absolute Gasteiger partial charge is 0.355 e. The minimum absolute atomic E-state index is 0.0918. The minimum Gasteiger partial charge on any atom is -0.457 e. The van der Waals surface area contributed by atoms with E-state index in [9.17, 15) is 19.6 Å². The predicted octanol–water partition coefficient (Wildman–Crippen LogP) is 1.51. The summed E-state index contributed by atoms with van der Waals surface area (Å²) in [7, 11) is 0. The van der Waals surface area contributed by atoms with Crippen LogP contribution in [0.25, 0.3) is 22.3 Å². The molecular formula is C23H19N2O8+. The number of rotatable bonds is 2. The monoisotopic (exact) mass is 451 g/mol. The van der Waals surface area contributed by atoms with Gasteiger partial charge in [0.2, 0.25) is 12.4 Å². The summed E-state index contributed by atoms with van der Waals surface area (Å²) in [6.45, 7) is 3.00. The van der Waals surface area contributed by atoms with Crippen LogP contribution in [0.5, 0.6) is 11.5 Å². The highest BCUT2D eigenvalue weighted by Crippen LogP contribution is 2.41. The summed E-state index contributed by atoms with van der Waals surface area (Å²) >= 11 is 0. The van der Waals surface area contributed by atoms with Crippen LogP contribution in [0.15, 0.2) is 29.1 Å². The third-order valence-corrected chi connectivity index (χ3v) is 6.50. The van der Waals surface area contributed by atoms with Crippen molar-refractivity contribution >= 4 is 22.8 Å². The fourth-order valence-electron chi connectivity index (χ4n) is 4.98. The summed E-state index contributed by atoms with van der Waals surface area (Å²) < 4.78 is 24.1. The van der Waals surface area contributed by atoms with Gasteiger partial charge >= 0.3 is 11.9 Å². The van der Waals surface area contributed by atoms with E-state index in [1.165, 1.54) is 11.5 Å². The number of pyridine rings is 2. The number of cyclic esters (lactones) is 1. The Morgan fingerprint density at radius 1 is 1.18 bits per heavy atom. The second-order valence-corrected chi connectivity index (χ2v) is 8.26. The molecular weight excluding hydrogens is 432 g/mol. The molecule has 0 radical (unpaired) electrons. The topological polar surface area (TPSA) is 117 Å². The summed E-state index contributed by atoms with van der Waals surface area (Å²) in [5.41, 5.74) is 0.455. The molecule has 3 aliphatic rings. The van der Waals surface area contributed by atoms with Gasteiger partial charge in [0.15, 0.2) is 11.5 Å². The van der Waals surface area contributed by atoms with E-state index in [1.807, 2.05) is 6.07 Å². The summed E-state index contributed by atoms with van der Waals surface area (Å²) in [6, 6.07) is 6.97. The molecule has 0 spiro atoms. The third kappa shape index (κ3) is 2.48. The lowest BCUT2D eigenvalue weighted by molar-refractivity contribution is -0.876. The summed E-state index contributed by atoms with van der Waals surface area (Å²) in [5, 5.41) is 11.9. The molecule has 0 fully saturated rings. The van der Waals surface area contributed by atoms with Crippen LogP contribution >= 0.6 is 0 Å². The molecule has 10 heteroatoms. The first-order valence-corrected chi connectivity index (χ1v) is 10.5. The van der Waals surface area contributed by atoms with Crippen LogP contribution in [0, 0.1) is 0 Å². The number of carbonyl (C=O) groups is 2. The van der Waals surface area contributed by atoms with Crippen LogP contribution in [0.2, 0.25) is 0 Å². The molecule has 0 unspecified atom stereocenters. The molecule has 1 atom stereocenters. The molecule has 10 nitrogen and oxygen atoms in total. The van der Waals surface area contributed by atoms with E-state index < -0.39 is 17.5 Å². The zero-order valence-corrected chi connectivity index (χ0v) is 17.8. The Balaban J connectivity index is 1.63. The standard InChI is InChI=1S/C23H19N2O8/c1-3-23(33-11(2)26)15-6-17-20-13(8-24(17)21(27)14(15)9-30-22(23)28)4-12-5-18-19(32-10-31-18)7-16(12)25(20)29/h4-7,29H,3,8-10H2,1-2H3/q+1/t23-/m0/s1. The van der Waals surface area contributed by atoms with Crippen molar-refractivity contribution in [3.63, 3.8) is 0 Å². The van der Waals surface area contributed by atoms with Crippen molar-refractivity contribution in [2.24, 2.45) is 0 Å². The molecule has 6 rings (SSSR count). The van der Waals surface area contributed by atoms with Crippen molar-refractivity contribution in [1.82, 2.24) is 4.57 Å². The van der Waals surface area contributed by atoms with Crippen molar-refractivity contribution in [3.8, 4) is 22.9 Å². The van der Waals surface area contributed by atoms with E-state index in [0.29, 0.717) is 39.4 Å². The van der Waals surface area contributed by atoms with Crippen molar-refractivity contribution in [2.45, 2.75) is 39.0 Å². The Hall–Kier alpha value is -4.08. The number of fused-ring (bicyclic) bond motifs is 6. The van der Waals surface area contributed by atoms with Crippen molar-refractivity contribution in [3.05, 3.63) is 51.3 Å². The minimum atomic E-state index is -1.72.